The van der Waals surface area contributed by atoms with Crippen molar-refractivity contribution in [2.24, 2.45) is 0 Å². The molecule has 1 amide bonds. The van der Waals surface area contributed by atoms with Gasteiger partial charge in [-0.3, -0.25) is 9.78 Å². The van der Waals surface area contributed by atoms with E-state index in [1.54, 1.807) is 0 Å². The number of fused-ring (bicyclic) bond motifs is 1. The molecule has 1 aliphatic heterocycles. The Kier molecular flexibility index (Phi) is 6.82. The van der Waals surface area contributed by atoms with Crippen LogP contribution in [0.2, 0.25) is 0 Å². The molecule has 1 saturated heterocycles. The highest BCUT2D eigenvalue weighted by Crippen LogP contribution is 2.30. The molecule has 1 fully saturated rings. The van der Waals surface area contributed by atoms with Crippen LogP contribution in [-0.4, -0.2) is 48.2 Å². The average molecular weight is 419 g/mol. The van der Waals surface area contributed by atoms with Crippen LogP contribution in [0.4, 0.5) is 0 Å². The molecular weight excluding hydrogens is 388 g/mol. The molecule has 5 heteroatoms. The second-order valence-electron chi connectivity index (χ2n) is 8.09. The number of aromatic nitrogens is 1. The van der Waals surface area contributed by atoms with Crippen LogP contribution in [-0.2, 0) is 9.53 Å². The van der Waals surface area contributed by atoms with Gasteiger partial charge in [0, 0.05) is 49.7 Å². The number of likely N-dealkylation sites (tertiary alicyclic amines) is 1. The smallest absolute Gasteiger partial charge is 0.248 e. The molecule has 0 bridgehead atoms. The Morgan fingerprint density at radius 2 is 1.84 bits per heavy atom. The Morgan fingerprint density at radius 1 is 1.10 bits per heavy atom. The average Bonchev–Trinajstić information content (AvgIpc) is 2.81. The van der Waals surface area contributed by atoms with Gasteiger partial charge in [0.15, 0.2) is 0 Å². The molecule has 3 aromatic rings. The second-order valence-corrected chi connectivity index (χ2v) is 8.09. The summed E-state index contributed by atoms with van der Waals surface area (Å²) in [6.45, 7) is 6.45. The molecule has 31 heavy (non-hydrogen) atoms. The van der Waals surface area contributed by atoms with Crippen molar-refractivity contribution in [2.75, 3.05) is 26.3 Å². The van der Waals surface area contributed by atoms with E-state index in [4.69, 9.17) is 9.47 Å². The summed E-state index contributed by atoms with van der Waals surface area (Å²) in [6, 6.07) is 16.5. The third kappa shape index (κ3) is 5.05. The lowest BCUT2D eigenvalue weighted by molar-refractivity contribution is -0.137. The van der Waals surface area contributed by atoms with Crippen LogP contribution < -0.4 is 4.74 Å². The molecule has 2 heterocycles. The van der Waals surface area contributed by atoms with Crippen molar-refractivity contribution in [3.8, 4) is 16.9 Å². The van der Waals surface area contributed by atoms with Gasteiger partial charge in [0.2, 0.25) is 5.91 Å². The van der Waals surface area contributed by atoms with Crippen molar-refractivity contribution < 1.29 is 14.3 Å². The fraction of sp³-hybridized carbons (Fsp3) is 0.385. The fourth-order valence-corrected chi connectivity index (χ4v) is 4.09. The lowest BCUT2D eigenvalue weighted by Crippen LogP contribution is -2.43. The molecule has 0 radical (unpaired) electrons. The first-order valence-electron chi connectivity index (χ1n) is 11.1. The fourth-order valence-electron chi connectivity index (χ4n) is 4.09. The standard InChI is InChI=1S/C26H30N2O3/c1-3-16-30-18-26(29)28-14-12-22(13-15-28)31-21-10-8-20(9-11-21)24-17-27-25-7-5-4-6-23(25)19(24)2/h4-11,17,22H,3,12-16,18H2,1-2H3. The first-order chi connectivity index (χ1) is 15.2. The molecule has 0 spiro atoms. The minimum absolute atomic E-state index is 0.0793. The van der Waals surface area contributed by atoms with Crippen LogP contribution in [0, 0.1) is 6.92 Å². The number of piperidine rings is 1. The van der Waals surface area contributed by atoms with Crippen LogP contribution >= 0.6 is 0 Å². The predicted octanol–water partition coefficient (Wildman–Crippen LogP) is 5.01. The summed E-state index contributed by atoms with van der Waals surface area (Å²) in [6.07, 6.45) is 4.70. The van der Waals surface area contributed by atoms with Crippen LogP contribution in [0.3, 0.4) is 0 Å². The lowest BCUT2D eigenvalue weighted by Gasteiger charge is -2.32. The van der Waals surface area contributed by atoms with Gasteiger partial charge in [0.25, 0.3) is 0 Å². The Bertz CT molecular complexity index is 1020. The summed E-state index contributed by atoms with van der Waals surface area (Å²) < 4.78 is 11.6. The topological polar surface area (TPSA) is 51.7 Å². The van der Waals surface area contributed by atoms with Crippen LogP contribution in [0.15, 0.2) is 54.7 Å². The molecule has 162 valence electrons. The number of pyridine rings is 1. The SMILES string of the molecule is CCCOCC(=O)N1CCC(Oc2ccc(-c3cnc4ccccc4c3C)cc2)CC1. The van der Waals surface area contributed by atoms with Gasteiger partial charge in [-0.25, -0.2) is 0 Å². The highest BCUT2D eigenvalue weighted by Gasteiger charge is 2.24. The normalized spacial score (nSPS) is 14.7. The van der Waals surface area contributed by atoms with Crippen LogP contribution in [0.25, 0.3) is 22.0 Å². The number of ether oxygens (including phenoxy) is 2. The van der Waals surface area contributed by atoms with E-state index in [1.165, 1.54) is 10.9 Å². The number of rotatable bonds is 7. The van der Waals surface area contributed by atoms with Crippen LogP contribution in [0.5, 0.6) is 5.75 Å². The highest BCUT2D eigenvalue weighted by molar-refractivity contribution is 5.88. The van der Waals surface area contributed by atoms with E-state index in [0.29, 0.717) is 6.61 Å². The van der Waals surface area contributed by atoms with Crippen molar-refractivity contribution in [3.05, 3.63) is 60.3 Å². The van der Waals surface area contributed by atoms with E-state index < -0.39 is 0 Å². The Labute approximate surface area is 184 Å². The summed E-state index contributed by atoms with van der Waals surface area (Å²) in [5, 5.41) is 1.18. The second kappa shape index (κ2) is 9.92. The van der Waals surface area contributed by atoms with Gasteiger partial charge in [-0.15, -0.1) is 0 Å². The molecule has 4 rings (SSSR count). The zero-order valence-corrected chi connectivity index (χ0v) is 18.3. The maximum Gasteiger partial charge on any atom is 0.248 e. The van der Waals surface area contributed by atoms with E-state index >= 15 is 0 Å². The van der Waals surface area contributed by atoms with Crippen molar-refractivity contribution in [1.82, 2.24) is 9.88 Å². The van der Waals surface area contributed by atoms with Gasteiger partial charge in [-0.1, -0.05) is 37.3 Å². The zero-order valence-electron chi connectivity index (χ0n) is 18.3. The summed E-state index contributed by atoms with van der Waals surface area (Å²) in [4.78, 5) is 18.7. The largest absolute Gasteiger partial charge is 0.490 e. The number of amides is 1. The lowest BCUT2D eigenvalue weighted by atomic mass is 9.99. The van der Waals surface area contributed by atoms with Crippen LogP contribution in [0.1, 0.15) is 31.7 Å². The zero-order chi connectivity index (χ0) is 21.6. The quantitative estimate of drug-likeness (QED) is 0.506. The molecule has 2 aromatic carbocycles. The summed E-state index contributed by atoms with van der Waals surface area (Å²) in [7, 11) is 0. The first-order valence-corrected chi connectivity index (χ1v) is 11.1. The summed E-state index contributed by atoms with van der Waals surface area (Å²) >= 11 is 0. The van der Waals surface area contributed by atoms with Gasteiger partial charge in [-0.2, -0.15) is 0 Å². The van der Waals surface area contributed by atoms with Crippen molar-refractivity contribution in [2.45, 2.75) is 39.2 Å². The van der Waals surface area contributed by atoms with Gasteiger partial charge in [0.1, 0.15) is 18.5 Å². The van der Waals surface area contributed by atoms with E-state index in [0.717, 1.165) is 54.7 Å². The van der Waals surface area contributed by atoms with Gasteiger partial charge in [0.05, 0.1) is 5.52 Å². The molecule has 0 aliphatic carbocycles. The molecule has 5 nitrogen and oxygen atoms in total. The molecule has 0 N–H and O–H groups in total. The van der Waals surface area contributed by atoms with E-state index in [9.17, 15) is 4.79 Å². The third-order valence-electron chi connectivity index (χ3n) is 5.88. The number of hydrogen-bond donors (Lipinski definition) is 0. The molecule has 0 atom stereocenters. The minimum atomic E-state index is 0.0793. The third-order valence-corrected chi connectivity index (χ3v) is 5.88. The first kappa shape index (κ1) is 21.3. The maximum atomic E-state index is 12.2. The van der Waals surface area contributed by atoms with Crippen molar-refractivity contribution >= 4 is 16.8 Å². The van der Waals surface area contributed by atoms with Gasteiger partial charge >= 0.3 is 0 Å². The van der Waals surface area contributed by atoms with E-state index in [1.807, 2.05) is 42.3 Å². The van der Waals surface area contributed by atoms with Gasteiger partial charge in [-0.05, 0) is 42.7 Å². The number of hydrogen-bond acceptors (Lipinski definition) is 4. The predicted molar refractivity (Wildman–Crippen MR) is 123 cm³/mol. The molecule has 0 saturated carbocycles. The summed E-state index contributed by atoms with van der Waals surface area (Å²) in [5.74, 6) is 0.946. The minimum Gasteiger partial charge on any atom is -0.490 e. The molecule has 1 aromatic heterocycles. The monoisotopic (exact) mass is 418 g/mol. The Morgan fingerprint density at radius 3 is 2.58 bits per heavy atom. The Hall–Kier alpha value is -2.92. The summed E-state index contributed by atoms with van der Waals surface area (Å²) in [5.41, 5.74) is 4.53. The Balaban J connectivity index is 1.35. The number of carbonyl (C=O) groups is 1. The number of carbonyl (C=O) groups excluding carboxylic acids is 1. The molecular formula is C26H30N2O3. The number of para-hydroxylation sites is 1. The number of nitrogens with zero attached hydrogens (tertiary/aromatic N) is 2. The van der Waals surface area contributed by atoms with Crippen molar-refractivity contribution in [1.29, 1.82) is 0 Å². The number of benzene rings is 2. The molecule has 0 unspecified atom stereocenters. The molecule has 1 aliphatic rings. The number of aryl methyl sites for hydroxylation is 1. The van der Waals surface area contributed by atoms with Crippen molar-refractivity contribution in [3.63, 3.8) is 0 Å². The maximum absolute atomic E-state index is 12.2. The van der Waals surface area contributed by atoms with E-state index in [-0.39, 0.29) is 18.6 Å². The van der Waals surface area contributed by atoms with E-state index in [2.05, 4.69) is 36.2 Å². The highest BCUT2D eigenvalue weighted by atomic mass is 16.5. The van der Waals surface area contributed by atoms with Gasteiger partial charge < -0.3 is 14.4 Å².